The Balaban J connectivity index is 1.64. The highest BCUT2D eigenvalue weighted by atomic mass is 16.5. The smallest absolute Gasteiger partial charge is 0.335 e. The van der Waals surface area contributed by atoms with E-state index < -0.39 is 5.97 Å². The van der Waals surface area contributed by atoms with Gasteiger partial charge in [0.15, 0.2) is 0 Å². The van der Waals surface area contributed by atoms with Crippen molar-refractivity contribution in [1.29, 1.82) is 0 Å². The van der Waals surface area contributed by atoms with E-state index in [2.05, 4.69) is 18.9 Å². The zero-order chi connectivity index (χ0) is 19.2. The lowest BCUT2D eigenvalue weighted by Crippen LogP contribution is -2.59. The minimum absolute atomic E-state index is 0.0755. The van der Waals surface area contributed by atoms with E-state index in [9.17, 15) is 15.0 Å². The van der Waals surface area contributed by atoms with Crippen molar-refractivity contribution in [3.63, 3.8) is 0 Å². The monoisotopic (exact) mass is 367 g/mol. The highest BCUT2D eigenvalue weighted by Crippen LogP contribution is 2.49. The van der Waals surface area contributed by atoms with Crippen LogP contribution in [0.4, 0.5) is 0 Å². The summed E-state index contributed by atoms with van der Waals surface area (Å²) in [5, 5.41) is 19.2. The molecule has 2 bridgehead atoms. The normalized spacial score (nSPS) is 27.0. The second kappa shape index (κ2) is 6.57. The van der Waals surface area contributed by atoms with Gasteiger partial charge >= 0.3 is 5.97 Å². The van der Waals surface area contributed by atoms with Crippen LogP contribution in [0.25, 0.3) is 0 Å². The van der Waals surface area contributed by atoms with Crippen LogP contribution >= 0.6 is 0 Å². The molecule has 1 aliphatic heterocycles. The molecular formula is C22H25NO4. The van der Waals surface area contributed by atoms with E-state index in [1.165, 1.54) is 11.1 Å². The van der Waals surface area contributed by atoms with E-state index in [1.807, 2.05) is 12.1 Å². The summed E-state index contributed by atoms with van der Waals surface area (Å²) in [4.78, 5) is 13.6. The molecule has 1 saturated heterocycles. The number of ether oxygens (including phenoxy) is 1. The molecule has 0 aromatic heterocycles. The predicted molar refractivity (Wildman–Crippen MR) is 103 cm³/mol. The van der Waals surface area contributed by atoms with Gasteiger partial charge in [0.05, 0.1) is 12.2 Å². The first-order valence-corrected chi connectivity index (χ1v) is 9.37. The lowest BCUT2D eigenvalue weighted by molar-refractivity contribution is 0.0118. The number of phenolic OH excluding ortho intramolecular Hbond substituents is 1. The molecule has 0 spiro atoms. The number of piperidine rings is 1. The molecule has 4 rings (SSSR count). The minimum Gasteiger partial charge on any atom is -0.508 e. The Kier molecular flexibility index (Phi) is 4.35. The number of benzene rings is 2. The number of aromatic carboxylic acids is 1. The van der Waals surface area contributed by atoms with E-state index in [4.69, 9.17) is 4.74 Å². The number of fused-ring (bicyclic) bond motifs is 4. The Hall–Kier alpha value is -2.53. The second-order valence-electron chi connectivity index (χ2n) is 8.01. The molecular weight excluding hydrogens is 342 g/mol. The molecule has 142 valence electrons. The molecule has 1 fully saturated rings. The van der Waals surface area contributed by atoms with E-state index in [-0.39, 0.29) is 16.9 Å². The van der Waals surface area contributed by atoms with Crippen LogP contribution < -0.4 is 4.74 Å². The van der Waals surface area contributed by atoms with Gasteiger partial charge in [-0.1, -0.05) is 19.1 Å². The minimum atomic E-state index is -0.953. The van der Waals surface area contributed by atoms with E-state index in [1.54, 1.807) is 30.3 Å². The van der Waals surface area contributed by atoms with Crippen molar-refractivity contribution in [3.05, 3.63) is 59.2 Å². The van der Waals surface area contributed by atoms with Crippen molar-refractivity contribution in [1.82, 2.24) is 4.90 Å². The fourth-order valence-electron chi connectivity index (χ4n) is 4.82. The van der Waals surface area contributed by atoms with Gasteiger partial charge in [-0.2, -0.15) is 0 Å². The van der Waals surface area contributed by atoms with Crippen LogP contribution in [-0.2, 0) is 11.8 Å². The summed E-state index contributed by atoms with van der Waals surface area (Å²) in [6, 6.07) is 12.7. The highest BCUT2D eigenvalue weighted by Gasteiger charge is 2.50. The molecule has 5 heteroatoms. The summed E-state index contributed by atoms with van der Waals surface area (Å²) in [5.74, 6) is 0.201. The average molecular weight is 367 g/mol. The molecule has 2 aromatic carbocycles. The van der Waals surface area contributed by atoms with E-state index >= 15 is 0 Å². The number of likely N-dealkylation sites (tertiary alicyclic amines) is 1. The number of nitrogens with zero attached hydrogens (tertiary/aromatic N) is 1. The summed E-state index contributed by atoms with van der Waals surface area (Å²) in [7, 11) is 2.16. The topological polar surface area (TPSA) is 70.0 Å². The van der Waals surface area contributed by atoms with Crippen LogP contribution in [0.3, 0.4) is 0 Å². The zero-order valence-electron chi connectivity index (χ0n) is 15.7. The van der Waals surface area contributed by atoms with Gasteiger partial charge in [-0.3, -0.25) is 0 Å². The Labute approximate surface area is 159 Å². The summed E-state index contributed by atoms with van der Waals surface area (Å²) < 4.78 is 6.08. The van der Waals surface area contributed by atoms with Crippen molar-refractivity contribution in [2.24, 2.45) is 5.92 Å². The first-order chi connectivity index (χ1) is 12.9. The second-order valence-corrected chi connectivity index (χ2v) is 8.01. The van der Waals surface area contributed by atoms with Crippen LogP contribution in [0.2, 0.25) is 0 Å². The number of carboxylic acid groups (broad SMARTS) is 1. The summed E-state index contributed by atoms with van der Waals surface area (Å²) >= 11 is 0. The van der Waals surface area contributed by atoms with Crippen LogP contribution in [0.5, 0.6) is 11.5 Å². The van der Waals surface area contributed by atoms with Gasteiger partial charge in [-0.25, -0.2) is 4.79 Å². The van der Waals surface area contributed by atoms with Crippen LogP contribution in [0.1, 0.15) is 34.8 Å². The van der Waals surface area contributed by atoms with Crippen molar-refractivity contribution in [3.8, 4) is 11.5 Å². The molecule has 1 heterocycles. The van der Waals surface area contributed by atoms with Crippen LogP contribution in [-0.4, -0.2) is 47.3 Å². The summed E-state index contributed by atoms with van der Waals surface area (Å²) in [6.07, 6.45) is 1.94. The first-order valence-electron chi connectivity index (χ1n) is 9.37. The third-order valence-corrected chi connectivity index (χ3v) is 6.48. The molecule has 3 unspecified atom stereocenters. The molecule has 2 aliphatic rings. The number of hydrogen-bond acceptors (Lipinski definition) is 4. The molecule has 2 N–H and O–H groups in total. The molecule has 3 atom stereocenters. The number of phenols is 1. The van der Waals surface area contributed by atoms with Crippen molar-refractivity contribution in [2.45, 2.75) is 31.2 Å². The maximum atomic E-state index is 11.2. The number of aromatic hydroxyl groups is 1. The maximum absolute atomic E-state index is 11.2. The fourth-order valence-corrected chi connectivity index (χ4v) is 4.82. The Bertz CT molecular complexity index is 880. The molecule has 5 nitrogen and oxygen atoms in total. The molecule has 0 radical (unpaired) electrons. The van der Waals surface area contributed by atoms with Gasteiger partial charge in [0.2, 0.25) is 0 Å². The van der Waals surface area contributed by atoms with Gasteiger partial charge in [-0.15, -0.1) is 0 Å². The first kappa shape index (κ1) is 17.9. The summed E-state index contributed by atoms with van der Waals surface area (Å²) in [6.45, 7) is 3.80. The van der Waals surface area contributed by atoms with Gasteiger partial charge in [0, 0.05) is 17.4 Å². The lowest BCUT2D eigenvalue weighted by atomic mass is 9.58. The molecule has 27 heavy (non-hydrogen) atoms. The highest BCUT2D eigenvalue weighted by molar-refractivity contribution is 5.88. The molecule has 2 aromatic rings. The SMILES string of the molecule is CN1CCC2(C)c3cc(O)ccc3CC1C2COc1cccc(C(=O)O)c1. The number of likely N-dealkylation sites (N-methyl/N-ethyl adjacent to an activating group) is 1. The fraction of sp³-hybridized carbons (Fsp3) is 0.409. The van der Waals surface area contributed by atoms with Crippen molar-refractivity contribution < 1.29 is 19.7 Å². The van der Waals surface area contributed by atoms with E-state index in [0.29, 0.717) is 24.1 Å². The number of carbonyl (C=O) groups is 1. The summed E-state index contributed by atoms with van der Waals surface area (Å²) in [5.41, 5.74) is 2.68. The Morgan fingerprint density at radius 2 is 2.11 bits per heavy atom. The van der Waals surface area contributed by atoms with Crippen molar-refractivity contribution >= 4 is 5.97 Å². The number of carboxylic acids is 1. The molecule has 0 amide bonds. The molecule has 0 saturated carbocycles. The standard InChI is InChI=1S/C22H25NO4/c1-22-8-9-23(2)20(11-14-6-7-16(24)12-18(14)22)19(22)13-27-17-5-3-4-15(10-17)21(25)26/h3-7,10,12,19-20,24H,8-9,11,13H2,1-2H3,(H,25,26). The third-order valence-electron chi connectivity index (χ3n) is 6.48. The largest absolute Gasteiger partial charge is 0.508 e. The van der Waals surface area contributed by atoms with Gasteiger partial charge < -0.3 is 19.8 Å². The average Bonchev–Trinajstić information content (AvgIpc) is 2.65. The van der Waals surface area contributed by atoms with E-state index in [0.717, 1.165) is 19.4 Å². The lowest BCUT2D eigenvalue weighted by Gasteiger charge is -2.54. The van der Waals surface area contributed by atoms with Gasteiger partial charge in [-0.05, 0) is 67.9 Å². The van der Waals surface area contributed by atoms with Crippen LogP contribution in [0, 0.1) is 5.92 Å². The zero-order valence-corrected chi connectivity index (χ0v) is 15.7. The maximum Gasteiger partial charge on any atom is 0.335 e. The number of rotatable bonds is 4. The van der Waals surface area contributed by atoms with Gasteiger partial charge in [0.1, 0.15) is 11.5 Å². The Morgan fingerprint density at radius 1 is 1.30 bits per heavy atom. The van der Waals surface area contributed by atoms with Crippen molar-refractivity contribution in [2.75, 3.05) is 20.2 Å². The molecule has 1 aliphatic carbocycles. The number of hydrogen-bond donors (Lipinski definition) is 2. The van der Waals surface area contributed by atoms with Crippen LogP contribution in [0.15, 0.2) is 42.5 Å². The predicted octanol–water partition coefficient (Wildman–Crippen LogP) is 3.30. The van der Waals surface area contributed by atoms with Gasteiger partial charge in [0.25, 0.3) is 0 Å². The third kappa shape index (κ3) is 3.06. The Morgan fingerprint density at radius 3 is 2.89 bits per heavy atom. The quantitative estimate of drug-likeness (QED) is 0.868.